The maximum atomic E-state index is 13.0. The number of nitrogens with zero attached hydrogens (tertiary/aromatic N) is 2. The Morgan fingerprint density at radius 3 is 2.70 bits per heavy atom. The monoisotopic (exact) mass is 445 g/mol. The van der Waals surface area contributed by atoms with Crippen LogP contribution in [-0.2, 0) is 6.42 Å². The second-order valence-corrected chi connectivity index (χ2v) is 9.22. The molecule has 2 aromatic carbocycles. The molecule has 2 aliphatic rings. The number of para-hydroxylation sites is 1. The van der Waals surface area contributed by atoms with Gasteiger partial charge in [0.25, 0.3) is 5.91 Å². The number of aryl methyl sites for hydroxylation is 1. The van der Waals surface area contributed by atoms with Gasteiger partial charge in [-0.3, -0.25) is 9.69 Å². The lowest BCUT2D eigenvalue weighted by Gasteiger charge is -2.36. The summed E-state index contributed by atoms with van der Waals surface area (Å²) in [5, 5.41) is 3.78. The lowest BCUT2D eigenvalue weighted by Crippen LogP contribution is -2.41. The second kappa shape index (κ2) is 9.40. The first-order valence-electron chi connectivity index (χ1n) is 12.0. The van der Waals surface area contributed by atoms with Crippen LogP contribution < -0.4 is 15.8 Å². The molecule has 1 aromatic heterocycles. The summed E-state index contributed by atoms with van der Waals surface area (Å²) in [5.74, 6) is -0.380. The van der Waals surface area contributed by atoms with Crippen molar-refractivity contribution in [3.63, 3.8) is 0 Å². The fraction of sp³-hybridized carbons (Fsp3) is 0.407. The molecule has 3 aromatic rings. The van der Waals surface area contributed by atoms with Gasteiger partial charge in [0.05, 0.1) is 6.04 Å². The molecule has 33 heavy (non-hydrogen) atoms. The molecular formula is C27H31N3O3. The lowest BCUT2D eigenvalue weighted by molar-refractivity contribution is 0.0921. The number of amides is 1. The van der Waals surface area contributed by atoms with Crippen LogP contribution >= 0.6 is 0 Å². The van der Waals surface area contributed by atoms with E-state index in [4.69, 9.17) is 4.42 Å². The zero-order valence-electron chi connectivity index (χ0n) is 19.2. The molecule has 6 heteroatoms. The summed E-state index contributed by atoms with van der Waals surface area (Å²) < 4.78 is 5.36. The number of carbonyl (C=O) groups excluding carboxylic acids is 1. The van der Waals surface area contributed by atoms with Crippen LogP contribution in [0.15, 0.2) is 57.7 Å². The minimum Gasteiger partial charge on any atom is -0.422 e. The van der Waals surface area contributed by atoms with Gasteiger partial charge in [-0.25, -0.2) is 4.79 Å². The van der Waals surface area contributed by atoms with Crippen LogP contribution in [0.1, 0.15) is 53.2 Å². The summed E-state index contributed by atoms with van der Waals surface area (Å²) in [6.45, 7) is 3.59. The van der Waals surface area contributed by atoms with Crippen molar-refractivity contribution in [2.45, 2.75) is 38.1 Å². The average molecular weight is 446 g/mol. The van der Waals surface area contributed by atoms with Crippen LogP contribution in [0.5, 0.6) is 0 Å². The van der Waals surface area contributed by atoms with Gasteiger partial charge in [-0.15, -0.1) is 0 Å². The number of rotatable bonds is 5. The Labute approximate surface area is 194 Å². The Morgan fingerprint density at radius 1 is 1.03 bits per heavy atom. The number of hydrogen-bond donors (Lipinski definition) is 1. The fourth-order valence-electron chi connectivity index (χ4n) is 5.21. The Hall–Kier alpha value is -3.12. The quantitative estimate of drug-likeness (QED) is 0.598. The fourth-order valence-corrected chi connectivity index (χ4v) is 5.21. The largest absolute Gasteiger partial charge is 0.422 e. The molecule has 0 aliphatic carbocycles. The Bertz CT molecular complexity index is 1210. The van der Waals surface area contributed by atoms with E-state index >= 15 is 0 Å². The van der Waals surface area contributed by atoms with Crippen molar-refractivity contribution in [3.05, 3.63) is 75.6 Å². The molecule has 1 amide bonds. The predicted octanol–water partition coefficient (Wildman–Crippen LogP) is 4.13. The molecule has 0 saturated carbocycles. The van der Waals surface area contributed by atoms with E-state index in [0.717, 1.165) is 37.9 Å². The first-order chi connectivity index (χ1) is 16.1. The van der Waals surface area contributed by atoms with Gasteiger partial charge in [0.1, 0.15) is 11.1 Å². The lowest BCUT2D eigenvalue weighted by atomic mass is 9.95. The molecule has 5 rings (SSSR count). The molecule has 1 N–H and O–H groups in total. The van der Waals surface area contributed by atoms with Crippen molar-refractivity contribution in [2.24, 2.45) is 0 Å². The minimum absolute atomic E-state index is 0.0539. The molecule has 2 aliphatic heterocycles. The van der Waals surface area contributed by atoms with Gasteiger partial charge >= 0.3 is 5.63 Å². The molecule has 0 unspecified atom stereocenters. The van der Waals surface area contributed by atoms with E-state index in [2.05, 4.69) is 40.4 Å². The summed E-state index contributed by atoms with van der Waals surface area (Å²) in [6.07, 6.45) is 5.85. The Kier molecular flexibility index (Phi) is 6.18. The average Bonchev–Trinajstić information content (AvgIpc) is 2.84. The standard InChI is InChI=1S/C27H31N3O3/c1-29-13-7-9-19-16-20(11-12-23(19)29)24(30-14-5-2-6-15-30)18-28-26(31)22-17-21-8-3-4-10-25(21)33-27(22)32/h3-4,8,10-12,16-17,24H,2,5-7,9,13-15,18H2,1H3,(H,28,31)/t24-/m1/s1. The molecule has 1 saturated heterocycles. The number of carbonyl (C=O) groups is 1. The highest BCUT2D eigenvalue weighted by Gasteiger charge is 2.25. The maximum absolute atomic E-state index is 13.0. The van der Waals surface area contributed by atoms with E-state index in [-0.39, 0.29) is 17.5 Å². The summed E-state index contributed by atoms with van der Waals surface area (Å²) in [6, 6.07) is 15.7. The third-order valence-electron chi connectivity index (χ3n) is 7.01. The first-order valence-corrected chi connectivity index (χ1v) is 12.0. The topological polar surface area (TPSA) is 65.8 Å². The number of anilines is 1. The van der Waals surface area contributed by atoms with Gasteiger partial charge < -0.3 is 14.6 Å². The van der Waals surface area contributed by atoms with Crippen LogP contribution in [0.25, 0.3) is 11.0 Å². The predicted molar refractivity (Wildman–Crippen MR) is 131 cm³/mol. The van der Waals surface area contributed by atoms with Gasteiger partial charge in [-0.1, -0.05) is 36.8 Å². The molecule has 172 valence electrons. The number of piperidine rings is 1. The number of nitrogens with one attached hydrogen (secondary N) is 1. The molecule has 6 nitrogen and oxygen atoms in total. The van der Waals surface area contributed by atoms with E-state index in [1.165, 1.54) is 36.1 Å². The van der Waals surface area contributed by atoms with E-state index in [1.54, 1.807) is 12.1 Å². The first kappa shape index (κ1) is 21.7. The van der Waals surface area contributed by atoms with E-state index in [9.17, 15) is 9.59 Å². The smallest absolute Gasteiger partial charge is 0.349 e. The van der Waals surface area contributed by atoms with Crippen molar-refractivity contribution in [1.82, 2.24) is 10.2 Å². The SMILES string of the molecule is CN1CCCc2cc([C@@H](CNC(=O)c3cc4ccccc4oc3=O)N3CCCCC3)ccc21. The van der Waals surface area contributed by atoms with Gasteiger partial charge in [0.15, 0.2) is 0 Å². The normalized spacial score (nSPS) is 17.5. The Balaban J connectivity index is 1.40. The third kappa shape index (κ3) is 4.53. The third-order valence-corrected chi connectivity index (χ3v) is 7.01. The van der Waals surface area contributed by atoms with Crippen molar-refractivity contribution in [3.8, 4) is 0 Å². The highest BCUT2D eigenvalue weighted by Crippen LogP contribution is 2.31. The number of hydrogen-bond acceptors (Lipinski definition) is 5. The van der Waals surface area contributed by atoms with Gasteiger partial charge in [0, 0.05) is 31.2 Å². The van der Waals surface area contributed by atoms with Crippen LogP contribution in [0.2, 0.25) is 0 Å². The van der Waals surface area contributed by atoms with Crippen LogP contribution in [0, 0.1) is 0 Å². The summed E-state index contributed by atoms with van der Waals surface area (Å²) in [5.41, 5.74) is 3.86. The van der Waals surface area contributed by atoms with Crippen molar-refractivity contribution in [2.75, 3.05) is 38.1 Å². The second-order valence-electron chi connectivity index (χ2n) is 9.22. The van der Waals surface area contributed by atoms with Gasteiger partial charge in [-0.05, 0) is 68.1 Å². The summed E-state index contributed by atoms with van der Waals surface area (Å²) in [4.78, 5) is 30.2. The zero-order valence-corrected chi connectivity index (χ0v) is 19.2. The van der Waals surface area contributed by atoms with Crippen molar-refractivity contribution >= 4 is 22.6 Å². The van der Waals surface area contributed by atoms with Crippen LogP contribution in [0.3, 0.4) is 0 Å². The number of fused-ring (bicyclic) bond motifs is 2. The highest BCUT2D eigenvalue weighted by molar-refractivity contribution is 5.96. The van der Waals surface area contributed by atoms with Crippen LogP contribution in [0.4, 0.5) is 5.69 Å². The number of benzene rings is 2. The minimum atomic E-state index is -0.599. The highest BCUT2D eigenvalue weighted by atomic mass is 16.4. The molecule has 3 heterocycles. The molecule has 0 spiro atoms. The maximum Gasteiger partial charge on any atom is 0.349 e. The molecule has 0 radical (unpaired) electrons. The Morgan fingerprint density at radius 2 is 1.85 bits per heavy atom. The van der Waals surface area contributed by atoms with Gasteiger partial charge in [-0.2, -0.15) is 0 Å². The number of likely N-dealkylation sites (tertiary alicyclic amines) is 1. The summed E-state index contributed by atoms with van der Waals surface area (Å²) in [7, 11) is 2.15. The van der Waals surface area contributed by atoms with E-state index in [0.29, 0.717) is 12.1 Å². The van der Waals surface area contributed by atoms with Crippen molar-refractivity contribution < 1.29 is 9.21 Å². The van der Waals surface area contributed by atoms with Crippen LogP contribution in [-0.4, -0.2) is 44.0 Å². The zero-order chi connectivity index (χ0) is 22.8. The molecular weight excluding hydrogens is 414 g/mol. The summed E-state index contributed by atoms with van der Waals surface area (Å²) >= 11 is 0. The molecule has 1 fully saturated rings. The van der Waals surface area contributed by atoms with Crippen molar-refractivity contribution in [1.29, 1.82) is 0 Å². The van der Waals surface area contributed by atoms with E-state index in [1.807, 2.05) is 18.2 Å². The molecule has 0 bridgehead atoms. The van der Waals surface area contributed by atoms with E-state index < -0.39 is 5.63 Å². The molecule has 1 atom stereocenters. The van der Waals surface area contributed by atoms with Gasteiger partial charge in [0.2, 0.25) is 0 Å².